The van der Waals surface area contributed by atoms with Crippen molar-refractivity contribution in [2.75, 3.05) is 4.90 Å². The Balaban J connectivity index is 1.14. The Labute approximate surface area is 320 Å². The summed E-state index contributed by atoms with van der Waals surface area (Å²) in [5.41, 5.74) is 14.4. The van der Waals surface area contributed by atoms with Crippen molar-refractivity contribution >= 4 is 49.8 Å². The maximum Gasteiger partial charge on any atom is 0.137 e. The van der Waals surface area contributed by atoms with Crippen LogP contribution >= 0.6 is 0 Å². The molecule has 0 spiro atoms. The van der Waals surface area contributed by atoms with Crippen LogP contribution in [0.15, 0.2) is 217 Å². The smallest absolute Gasteiger partial charge is 0.137 e. The van der Waals surface area contributed by atoms with Crippen molar-refractivity contribution < 1.29 is 4.42 Å². The van der Waals surface area contributed by atoms with Gasteiger partial charge in [0.1, 0.15) is 11.2 Å². The monoisotopic (exact) mass is 701 g/mol. The average molecular weight is 702 g/mol. The first-order valence-corrected chi connectivity index (χ1v) is 18.9. The van der Waals surface area contributed by atoms with Crippen LogP contribution in [0, 0.1) is 0 Å². The summed E-state index contributed by atoms with van der Waals surface area (Å²) < 4.78 is 6.47. The Kier molecular flexibility index (Phi) is 7.11. The largest absolute Gasteiger partial charge is 0.456 e. The summed E-state index contributed by atoms with van der Waals surface area (Å²) in [6, 6.07) is 77.1. The molecule has 0 fully saturated rings. The van der Waals surface area contributed by atoms with E-state index in [1.54, 1.807) is 0 Å². The molecule has 2 nitrogen and oxygen atoms in total. The van der Waals surface area contributed by atoms with Gasteiger partial charge in [-0.1, -0.05) is 164 Å². The van der Waals surface area contributed by atoms with Gasteiger partial charge in [-0.15, -0.1) is 0 Å². The highest BCUT2D eigenvalue weighted by molar-refractivity contribution is 6.06. The van der Waals surface area contributed by atoms with Crippen LogP contribution in [0.2, 0.25) is 0 Å². The quantitative estimate of drug-likeness (QED) is 0.172. The first-order valence-electron chi connectivity index (χ1n) is 18.9. The molecule has 10 aromatic rings. The lowest BCUT2D eigenvalue weighted by Crippen LogP contribution is -2.28. The number of furan rings is 1. The summed E-state index contributed by atoms with van der Waals surface area (Å²) in [7, 11) is 0. The molecule has 0 unspecified atom stereocenters. The molecular formula is C53H35NO. The highest BCUT2D eigenvalue weighted by Gasteiger charge is 2.46. The zero-order valence-electron chi connectivity index (χ0n) is 30.1. The summed E-state index contributed by atoms with van der Waals surface area (Å²) >= 11 is 0. The van der Waals surface area contributed by atoms with Gasteiger partial charge in [0.2, 0.25) is 0 Å². The number of hydrogen-bond acceptors (Lipinski definition) is 2. The van der Waals surface area contributed by atoms with Crippen LogP contribution < -0.4 is 4.90 Å². The maximum atomic E-state index is 6.47. The molecule has 0 saturated carbocycles. The number of benzene rings is 9. The van der Waals surface area contributed by atoms with E-state index in [0.29, 0.717) is 0 Å². The molecule has 0 atom stereocenters. The molecule has 1 aliphatic rings. The number of anilines is 3. The second kappa shape index (κ2) is 12.5. The average Bonchev–Trinajstić information content (AvgIpc) is 3.78. The third kappa shape index (κ3) is 4.82. The van der Waals surface area contributed by atoms with Crippen LogP contribution in [0.1, 0.15) is 22.3 Å². The highest BCUT2D eigenvalue weighted by atomic mass is 16.3. The Morgan fingerprint density at radius 3 is 1.71 bits per heavy atom. The van der Waals surface area contributed by atoms with Crippen molar-refractivity contribution in [1.82, 2.24) is 0 Å². The zero-order valence-corrected chi connectivity index (χ0v) is 30.1. The standard InChI is InChI=1S/C53H35NO/c1-3-16-38(17-4-1)53(39-18-5-2-6-19-39)49-24-11-9-21-45(49)46-32-30-41(34-50(46)53)54(42-31-33-48-47-22-10-12-25-51(47)55-52(48)35-42)40-28-26-37(27-29-40)44-23-13-15-36-14-7-8-20-43(36)44/h1-35H. The Hall–Kier alpha value is -7.16. The van der Waals surface area contributed by atoms with Gasteiger partial charge < -0.3 is 9.32 Å². The van der Waals surface area contributed by atoms with Crippen LogP contribution in [-0.4, -0.2) is 0 Å². The second-order valence-corrected chi connectivity index (χ2v) is 14.4. The molecule has 0 radical (unpaired) electrons. The molecule has 55 heavy (non-hydrogen) atoms. The third-order valence-electron chi connectivity index (χ3n) is 11.5. The molecule has 2 heteroatoms. The van der Waals surface area contributed by atoms with E-state index in [1.807, 2.05) is 12.1 Å². The van der Waals surface area contributed by atoms with Gasteiger partial charge in [0, 0.05) is 33.9 Å². The van der Waals surface area contributed by atoms with Gasteiger partial charge in [-0.2, -0.15) is 0 Å². The SMILES string of the molecule is c1ccc(C2(c3ccccc3)c3ccccc3-c3ccc(N(c4ccc(-c5cccc6ccccc56)cc4)c4ccc5c(c4)oc4ccccc45)cc32)cc1. The fourth-order valence-corrected chi connectivity index (χ4v) is 9.14. The van der Waals surface area contributed by atoms with Crippen molar-refractivity contribution in [2.24, 2.45) is 0 Å². The number of nitrogens with zero attached hydrogens (tertiary/aromatic N) is 1. The normalized spacial score (nSPS) is 12.9. The topological polar surface area (TPSA) is 16.4 Å². The van der Waals surface area contributed by atoms with Crippen molar-refractivity contribution in [3.05, 3.63) is 235 Å². The van der Waals surface area contributed by atoms with Gasteiger partial charge in [-0.3, -0.25) is 0 Å². The van der Waals surface area contributed by atoms with Crippen molar-refractivity contribution in [2.45, 2.75) is 5.41 Å². The zero-order chi connectivity index (χ0) is 36.3. The third-order valence-corrected chi connectivity index (χ3v) is 11.5. The number of rotatable bonds is 6. The molecule has 1 aliphatic carbocycles. The molecule has 0 N–H and O–H groups in total. The van der Waals surface area contributed by atoms with E-state index in [1.165, 1.54) is 55.3 Å². The molecule has 0 saturated heterocycles. The predicted molar refractivity (Wildman–Crippen MR) is 229 cm³/mol. The Morgan fingerprint density at radius 1 is 0.345 bits per heavy atom. The van der Waals surface area contributed by atoms with E-state index in [2.05, 4.69) is 205 Å². The molecule has 1 aromatic heterocycles. The van der Waals surface area contributed by atoms with Crippen LogP contribution in [0.25, 0.3) is 55.0 Å². The molecule has 11 rings (SSSR count). The van der Waals surface area contributed by atoms with Crippen LogP contribution in [0.5, 0.6) is 0 Å². The summed E-state index contributed by atoms with van der Waals surface area (Å²) in [6.07, 6.45) is 0. The lowest BCUT2D eigenvalue weighted by Gasteiger charge is -2.35. The van der Waals surface area contributed by atoms with E-state index >= 15 is 0 Å². The van der Waals surface area contributed by atoms with E-state index in [-0.39, 0.29) is 0 Å². The van der Waals surface area contributed by atoms with Gasteiger partial charge in [-0.25, -0.2) is 0 Å². The molecule has 0 amide bonds. The van der Waals surface area contributed by atoms with Crippen LogP contribution in [0.3, 0.4) is 0 Å². The molecule has 258 valence electrons. The summed E-state index contributed by atoms with van der Waals surface area (Å²) in [4.78, 5) is 2.38. The van der Waals surface area contributed by atoms with Gasteiger partial charge in [-0.05, 0) is 97.7 Å². The molecule has 9 aromatic carbocycles. The van der Waals surface area contributed by atoms with Gasteiger partial charge >= 0.3 is 0 Å². The van der Waals surface area contributed by atoms with Crippen LogP contribution in [-0.2, 0) is 5.41 Å². The van der Waals surface area contributed by atoms with Crippen molar-refractivity contribution in [3.63, 3.8) is 0 Å². The summed E-state index contributed by atoms with van der Waals surface area (Å²) in [5, 5.41) is 4.73. The first kappa shape index (κ1) is 31.4. The van der Waals surface area contributed by atoms with Crippen molar-refractivity contribution in [1.29, 1.82) is 0 Å². The number of fused-ring (bicyclic) bond motifs is 7. The minimum absolute atomic E-state index is 0.503. The fraction of sp³-hybridized carbons (Fsp3) is 0.0189. The predicted octanol–water partition coefficient (Wildman–Crippen LogP) is 14.2. The van der Waals surface area contributed by atoms with Gasteiger partial charge in [0.05, 0.1) is 5.41 Å². The molecule has 1 heterocycles. The number of hydrogen-bond donors (Lipinski definition) is 0. The highest BCUT2D eigenvalue weighted by Crippen LogP contribution is 2.57. The van der Waals surface area contributed by atoms with E-state index in [0.717, 1.165) is 39.0 Å². The summed E-state index contributed by atoms with van der Waals surface area (Å²) in [6.45, 7) is 0. The lowest BCUT2D eigenvalue weighted by atomic mass is 9.67. The minimum atomic E-state index is -0.503. The fourth-order valence-electron chi connectivity index (χ4n) is 9.14. The Morgan fingerprint density at radius 2 is 0.909 bits per heavy atom. The van der Waals surface area contributed by atoms with Crippen molar-refractivity contribution in [3.8, 4) is 22.3 Å². The second-order valence-electron chi connectivity index (χ2n) is 14.4. The maximum absolute atomic E-state index is 6.47. The van der Waals surface area contributed by atoms with Crippen LogP contribution in [0.4, 0.5) is 17.1 Å². The molecule has 0 bridgehead atoms. The first-order chi connectivity index (χ1) is 27.3. The van der Waals surface area contributed by atoms with Gasteiger partial charge in [0.15, 0.2) is 0 Å². The van der Waals surface area contributed by atoms with Gasteiger partial charge in [0.25, 0.3) is 0 Å². The molecular weight excluding hydrogens is 667 g/mol. The lowest BCUT2D eigenvalue weighted by molar-refractivity contribution is 0.669. The summed E-state index contributed by atoms with van der Waals surface area (Å²) in [5.74, 6) is 0. The van der Waals surface area contributed by atoms with E-state index in [4.69, 9.17) is 4.42 Å². The number of para-hydroxylation sites is 1. The van der Waals surface area contributed by atoms with E-state index < -0.39 is 5.41 Å². The minimum Gasteiger partial charge on any atom is -0.456 e. The Bertz CT molecular complexity index is 2990. The van der Waals surface area contributed by atoms with E-state index in [9.17, 15) is 0 Å². The molecule has 0 aliphatic heterocycles.